The topological polar surface area (TPSA) is 110 Å². The van der Waals surface area contributed by atoms with E-state index in [0.717, 1.165) is 12.8 Å². The maximum absolute atomic E-state index is 12.1. The second-order valence-corrected chi connectivity index (χ2v) is 7.04. The highest BCUT2D eigenvalue weighted by Gasteiger charge is 2.22. The van der Waals surface area contributed by atoms with E-state index in [-0.39, 0.29) is 22.6 Å². The van der Waals surface area contributed by atoms with Crippen molar-refractivity contribution in [3.63, 3.8) is 0 Å². The number of aliphatic hydroxyl groups excluding tert-OH is 1. The Bertz CT molecular complexity index is 591. The van der Waals surface area contributed by atoms with Crippen molar-refractivity contribution in [1.29, 1.82) is 0 Å². The van der Waals surface area contributed by atoms with Gasteiger partial charge < -0.3 is 5.11 Å². The standard InChI is InChI=1S/C13H18N2O5S/c16-12-5-1-10(2-6-12)9-14-21(19,20)13-7-3-11(4-8-13)15(17)18/h3-4,7-8,10,12,14,16H,1-2,5-6,9H2. The molecule has 1 fully saturated rings. The lowest BCUT2D eigenvalue weighted by Crippen LogP contribution is -2.32. The summed E-state index contributed by atoms with van der Waals surface area (Å²) in [5.74, 6) is 0.223. The molecule has 0 radical (unpaired) electrons. The molecular weight excluding hydrogens is 296 g/mol. The summed E-state index contributed by atoms with van der Waals surface area (Å²) in [6.45, 7) is 0.325. The van der Waals surface area contributed by atoms with Gasteiger partial charge in [-0.1, -0.05) is 0 Å². The lowest BCUT2D eigenvalue weighted by molar-refractivity contribution is -0.384. The van der Waals surface area contributed by atoms with Gasteiger partial charge in [0.2, 0.25) is 10.0 Å². The molecule has 0 atom stereocenters. The number of nitro groups is 1. The van der Waals surface area contributed by atoms with Crippen molar-refractivity contribution >= 4 is 15.7 Å². The molecule has 0 saturated heterocycles. The van der Waals surface area contributed by atoms with Crippen molar-refractivity contribution in [1.82, 2.24) is 4.72 Å². The molecule has 1 saturated carbocycles. The van der Waals surface area contributed by atoms with Crippen LogP contribution >= 0.6 is 0 Å². The van der Waals surface area contributed by atoms with Crippen LogP contribution in [-0.4, -0.2) is 31.1 Å². The number of non-ortho nitro benzene ring substituents is 1. The number of hydrogen-bond acceptors (Lipinski definition) is 5. The Labute approximate surface area is 123 Å². The van der Waals surface area contributed by atoms with Crippen molar-refractivity contribution in [2.24, 2.45) is 5.92 Å². The molecular formula is C13H18N2O5S. The highest BCUT2D eigenvalue weighted by molar-refractivity contribution is 7.89. The molecule has 0 amide bonds. The van der Waals surface area contributed by atoms with Gasteiger partial charge in [-0.3, -0.25) is 10.1 Å². The molecule has 0 heterocycles. The van der Waals surface area contributed by atoms with Crippen LogP contribution in [0.4, 0.5) is 5.69 Å². The summed E-state index contributed by atoms with van der Waals surface area (Å²) in [7, 11) is -3.65. The lowest BCUT2D eigenvalue weighted by atomic mass is 9.88. The monoisotopic (exact) mass is 314 g/mol. The van der Waals surface area contributed by atoms with E-state index in [4.69, 9.17) is 0 Å². The minimum absolute atomic E-state index is 0.0175. The van der Waals surface area contributed by atoms with Gasteiger partial charge in [-0.25, -0.2) is 13.1 Å². The molecule has 1 aliphatic rings. The normalized spacial score (nSPS) is 22.9. The molecule has 0 aromatic heterocycles. The first-order valence-electron chi connectivity index (χ1n) is 6.80. The van der Waals surface area contributed by atoms with Crippen LogP contribution in [0.1, 0.15) is 25.7 Å². The van der Waals surface area contributed by atoms with Gasteiger partial charge in [0.15, 0.2) is 0 Å². The molecule has 0 aliphatic heterocycles. The molecule has 0 spiro atoms. The van der Waals surface area contributed by atoms with Crippen molar-refractivity contribution < 1.29 is 18.4 Å². The van der Waals surface area contributed by atoms with E-state index in [1.165, 1.54) is 24.3 Å². The quantitative estimate of drug-likeness (QED) is 0.631. The minimum Gasteiger partial charge on any atom is -0.393 e. The first-order chi connectivity index (χ1) is 9.88. The van der Waals surface area contributed by atoms with E-state index in [1.807, 2.05) is 0 Å². The number of nitrogens with zero attached hydrogens (tertiary/aromatic N) is 1. The number of nitrogens with one attached hydrogen (secondary N) is 1. The Balaban J connectivity index is 1.96. The van der Waals surface area contributed by atoms with Crippen LogP contribution in [0, 0.1) is 16.0 Å². The largest absolute Gasteiger partial charge is 0.393 e. The molecule has 1 aliphatic carbocycles. The van der Waals surface area contributed by atoms with Crippen LogP contribution in [0.5, 0.6) is 0 Å². The second kappa shape index (κ2) is 6.50. The van der Waals surface area contributed by atoms with E-state index in [9.17, 15) is 23.6 Å². The zero-order valence-corrected chi connectivity index (χ0v) is 12.3. The molecule has 0 bridgehead atoms. The van der Waals surface area contributed by atoms with E-state index in [2.05, 4.69) is 4.72 Å². The number of nitro benzene ring substituents is 1. The molecule has 0 unspecified atom stereocenters. The summed E-state index contributed by atoms with van der Waals surface area (Å²) in [5, 5.41) is 20.0. The Kier molecular flexibility index (Phi) is 4.92. The van der Waals surface area contributed by atoms with Gasteiger partial charge in [0.25, 0.3) is 5.69 Å². The minimum atomic E-state index is -3.65. The second-order valence-electron chi connectivity index (χ2n) is 5.28. The fraction of sp³-hybridized carbons (Fsp3) is 0.538. The summed E-state index contributed by atoms with van der Waals surface area (Å²) < 4.78 is 26.7. The maximum atomic E-state index is 12.1. The number of hydrogen-bond donors (Lipinski definition) is 2. The average Bonchev–Trinajstić information content (AvgIpc) is 2.47. The summed E-state index contributed by atoms with van der Waals surface area (Å²) in [6.07, 6.45) is 2.72. The number of rotatable bonds is 5. The predicted octanol–water partition coefficient (Wildman–Crippen LogP) is 1.42. The van der Waals surface area contributed by atoms with Gasteiger partial charge in [0.1, 0.15) is 0 Å². The molecule has 116 valence electrons. The third-order valence-corrected chi connectivity index (χ3v) is 5.18. The molecule has 1 aromatic carbocycles. The van der Waals surface area contributed by atoms with Crippen molar-refractivity contribution in [3.8, 4) is 0 Å². The molecule has 2 rings (SSSR count). The predicted molar refractivity (Wildman–Crippen MR) is 76.2 cm³/mol. The third kappa shape index (κ3) is 4.23. The van der Waals surface area contributed by atoms with E-state index >= 15 is 0 Å². The van der Waals surface area contributed by atoms with Crippen LogP contribution < -0.4 is 4.72 Å². The lowest BCUT2D eigenvalue weighted by Gasteiger charge is -2.25. The Morgan fingerprint density at radius 3 is 2.29 bits per heavy atom. The molecule has 2 N–H and O–H groups in total. The Morgan fingerprint density at radius 2 is 1.76 bits per heavy atom. The maximum Gasteiger partial charge on any atom is 0.269 e. The number of benzene rings is 1. The Hall–Kier alpha value is -1.51. The highest BCUT2D eigenvalue weighted by Crippen LogP contribution is 2.24. The van der Waals surface area contributed by atoms with Gasteiger partial charge in [0.05, 0.1) is 15.9 Å². The first kappa shape index (κ1) is 15.9. The van der Waals surface area contributed by atoms with Crippen LogP contribution in [0.15, 0.2) is 29.2 Å². The fourth-order valence-electron chi connectivity index (χ4n) is 2.41. The van der Waals surface area contributed by atoms with Crippen molar-refractivity contribution in [2.45, 2.75) is 36.7 Å². The van der Waals surface area contributed by atoms with E-state index in [0.29, 0.717) is 19.4 Å². The van der Waals surface area contributed by atoms with Crippen molar-refractivity contribution in [3.05, 3.63) is 34.4 Å². The summed E-state index contributed by atoms with van der Waals surface area (Å²) in [4.78, 5) is 9.99. The summed E-state index contributed by atoms with van der Waals surface area (Å²) in [5.41, 5.74) is -0.143. The first-order valence-corrected chi connectivity index (χ1v) is 8.29. The smallest absolute Gasteiger partial charge is 0.269 e. The molecule has 21 heavy (non-hydrogen) atoms. The van der Waals surface area contributed by atoms with Crippen LogP contribution in [0.3, 0.4) is 0 Å². The van der Waals surface area contributed by atoms with Crippen molar-refractivity contribution in [2.75, 3.05) is 6.54 Å². The van der Waals surface area contributed by atoms with Gasteiger partial charge in [-0.2, -0.15) is 0 Å². The SMILES string of the molecule is O=[N+]([O-])c1ccc(S(=O)(=O)NCC2CCC(O)CC2)cc1. The third-order valence-electron chi connectivity index (χ3n) is 3.74. The average molecular weight is 314 g/mol. The van der Waals surface area contributed by atoms with Gasteiger partial charge in [0, 0.05) is 18.7 Å². The zero-order valence-electron chi connectivity index (χ0n) is 11.4. The summed E-state index contributed by atoms with van der Waals surface area (Å²) >= 11 is 0. The fourth-order valence-corrected chi connectivity index (χ4v) is 3.52. The molecule has 1 aromatic rings. The molecule has 8 heteroatoms. The number of aliphatic hydroxyl groups is 1. The summed E-state index contributed by atoms with van der Waals surface area (Å²) in [6, 6.07) is 4.80. The van der Waals surface area contributed by atoms with Crippen LogP contribution in [0.25, 0.3) is 0 Å². The van der Waals surface area contributed by atoms with Gasteiger partial charge >= 0.3 is 0 Å². The molecule has 7 nitrogen and oxygen atoms in total. The van der Waals surface area contributed by atoms with E-state index in [1.54, 1.807) is 0 Å². The van der Waals surface area contributed by atoms with Gasteiger partial charge in [-0.05, 0) is 43.7 Å². The zero-order chi connectivity index (χ0) is 15.5. The van der Waals surface area contributed by atoms with Gasteiger partial charge in [-0.15, -0.1) is 0 Å². The van der Waals surface area contributed by atoms with Crippen LogP contribution in [-0.2, 0) is 10.0 Å². The Morgan fingerprint density at radius 1 is 1.19 bits per heavy atom. The van der Waals surface area contributed by atoms with Crippen LogP contribution in [0.2, 0.25) is 0 Å². The van der Waals surface area contributed by atoms with E-state index < -0.39 is 14.9 Å². The highest BCUT2D eigenvalue weighted by atomic mass is 32.2. The number of sulfonamides is 1.